The molecule has 0 aromatic heterocycles. The minimum absolute atomic E-state index is 0.176. The summed E-state index contributed by atoms with van der Waals surface area (Å²) < 4.78 is 0. The molecule has 1 aromatic rings. The van der Waals surface area contributed by atoms with Gasteiger partial charge >= 0.3 is 0 Å². The quantitative estimate of drug-likeness (QED) is 0.780. The van der Waals surface area contributed by atoms with E-state index in [0.29, 0.717) is 11.8 Å². The van der Waals surface area contributed by atoms with Crippen LogP contribution in [-0.4, -0.2) is 11.2 Å². The van der Waals surface area contributed by atoms with Crippen LogP contribution in [0.2, 0.25) is 0 Å². The van der Waals surface area contributed by atoms with Gasteiger partial charge in [0.05, 0.1) is 6.10 Å². The third-order valence-electron chi connectivity index (χ3n) is 3.31. The van der Waals surface area contributed by atoms with E-state index in [9.17, 15) is 5.11 Å². The normalized spacial score (nSPS) is 17.1. The van der Waals surface area contributed by atoms with Gasteiger partial charge in [-0.25, -0.2) is 0 Å². The lowest BCUT2D eigenvalue weighted by molar-refractivity contribution is 0.0951. The summed E-state index contributed by atoms with van der Waals surface area (Å²) in [6, 6.07) is 10.4. The molecule has 0 aliphatic rings. The SMILES string of the molecule is CCC[C@H](O)[C@@H](C)C(C)c1ccccc1. The number of hydrogen-bond acceptors (Lipinski definition) is 1. The van der Waals surface area contributed by atoms with Gasteiger partial charge in [-0.3, -0.25) is 0 Å². The van der Waals surface area contributed by atoms with Gasteiger partial charge in [0.1, 0.15) is 0 Å². The third kappa shape index (κ3) is 3.35. The van der Waals surface area contributed by atoms with Crippen LogP contribution in [0.3, 0.4) is 0 Å². The van der Waals surface area contributed by atoms with Crippen LogP contribution in [-0.2, 0) is 0 Å². The Morgan fingerprint density at radius 1 is 1.13 bits per heavy atom. The van der Waals surface area contributed by atoms with Gasteiger partial charge in [-0.2, -0.15) is 0 Å². The molecule has 0 aliphatic heterocycles. The van der Waals surface area contributed by atoms with E-state index in [4.69, 9.17) is 0 Å². The van der Waals surface area contributed by atoms with Crippen LogP contribution >= 0.6 is 0 Å². The van der Waals surface area contributed by atoms with Crippen molar-refractivity contribution in [2.45, 2.75) is 45.6 Å². The van der Waals surface area contributed by atoms with Crippen LogP contribution in [0.25, 0.3) is 0 Å². The molecule has 1 unspecified atom stereocenters. The molecule has 0 radical (unpaired) electrons. The highest BCUT2D eigenvalue weighted by Gasteiger charge is 2.20. The van der Waals surface area contributed by atoms with Gasteiger partial charge in [-0.15, -0.1) is 0 Å². The molecule has 1 rings (SSSR count). The van der Waals surface area contributed by atoms with Gasteiger partial charge in [-0.1, -0.05) is 57.5 Å². The van der Waals surface area contributed by atoms with Crippen molar-refractivity contribution in [1.82, 2.24) is 0 Å². The molecule has 0 heterocycles. The molecule has 3 atom stereocenters. The second kappa shape index (κ2) is 5.92. The van der Waals surface area contributed by atoms with Crippen LogP contribution in [0.15, 0.2) is 30.3 Å². The zero-order valence-corrected chi connectivity index (χ0v) is 9.98. The molecule has 84 valence electrons. The van der Waals surface area contributed by atoms with Crippen LogP contribution < -0.4 is 0 Å². The summed E-state index contributed by atoms with van der Waals surface area (Å²) >= 11 is 0. The summed E-state index contributed by atoms with van der Waals surface area (Å²) in [7, 11) is 0. The fraction of sp³-hybridized carbons (Fsp3) is 0.571. The molecule has 1 nitrogen and oxygen atoms in total. The maximum absolute atomic E-state index is 9.95. The van der Waals surface area contributed by atoms with Gasteiger partial charge in [-0.05, 0) is 23.8 Å². The Morgan fingerprint density at radius 2 is 1.73 bits per heavy atom. The van der Waals surface area contributed by atoms with E-state index in [1.165, 1.54) is 5.56 Å². The Morgan fingerprint density at radius 3 is 2.27 bits per heavy atom. The first-order valence-corrected chi connectivity index (χ1v) is 5.89. The molecule has 0 bridgehead atoms. The summed E-state index contributed by atoms with van der Waals surface area (Å²) in [5, 5.41) is 9.95. The Hall–Kier alpha value is -0.820. The Bertz CT molecular complexity index is 268. The predicted octanol–water partition coefficient (Wildman–Crippen LogP) is 3.59. The molecule has 1 heteroatoms. The molecule has 0 saturated heterocycles. The van der Waals surface area contributed by atoms with E-state index in [-0.39, 0.29) is 6.10 Å². The van der Waals surface area contributed by atoms with Crippen LogP contribution in [0.1, 0.15) is 45.1 Å². The highest BCUT2D eigenvalue weighted by Crippen LogP contribution is 2.27. The molecular weight excluding hydrogens is 184 g/mol. The molecule has 0 saturated carbocycles. The van der Waals surface area contributed by atoms with Gasteiger partial charge in [0.2, 0.25) is 0 Å². The van der Waals surface area contributed by atoms with Crippen molar-refractivity contribution in [2.75, 3.05) is 0 Å². The van der Waals surface area contributed by atoms with E-state index >= 15 is 0 Å². The van der Waals surface area contributed by atoms with E-state index < -0.39 is 0 Å². The fourth-order valence-electron chi connectivity index (χ4n) is 1.95. The monoisotopic (exact) mass is 206 g/mol. The number of hydrogen-bond donors (Lipinski definition) is 1. The number of aliphatic hydroxyl groups is 1. The Balaban J connectivity index is 2.64. The zero-order chi connectivity index (χ0) is 11.3. The number of aliphatic hydroxyl groups excluding tert-OH is 1. The van der Waals surface area contributed by atoms with Crippen molar-refractivity contribution < 1.29 is 5.11 Å². The standard InChI is InChI=1S/C14H22O/c1-4-8-14(15)12(3)11(2)13-9-6-5-7-10-13/h5-7,9-12,14-15H,4,8H2,1-3H3/t11?,12-,14-/m0/s1. The van der Waals surface area contributed by atoms with Crippen molar-refractivity contribution in [3.05, 3.63) is 35.9 Å². The average molecular weight is 206 g/mol. The third-order valence-corrected chi connectivity index (χ3v) is 3.31. The Labute approximate surface area is 93.1 Å². The molecule has 1 aromatic carbocycles. The van der Waals surface area contributed by atoms with Crippen molar-refractivity contribution >= 4 is 0 Å². The minimum atomic E-state index is -0.176. The van der Waals surface area contributed by atoms with Crippen molar-refractivity contribution in [3.63, 3.8) is 0 Å². The van der Waals surface area contributed by atoms with E-state index in [2.05, 4.69) is 45.0 Å². The van der Waals surface area contributed by atoms with Crippen molar-refractivity contribution in [2.24, 2.45) is 5.92 Å². The lowest BCUT2D eigenvalue weighted by Crippen LogP contribution is -2.22. The van der Waals surface area contributed by atoms with E-state index in [0.717, 1.165) is 12.8 Å². The highest BCUT2D eigenvalue weighted by atomic mass is 16.3. The average Bonchev–Trinajstić information content (AvgIpc) is 2.28. The van der Waals surface area contributed by atoms with Gasteiger partial charge in [0, 0.05) is 0 Å². The van der Waals surface area contributed by atoms with E-state index in [1.807, 2.05) is 6.07 Å². The van der Waals surface area contributed by atoms with Crippen molar-refractivity contribution in [3.8, 4) is 0 Å². The van der Waals surface area contributed by atoms with Crippen LogP contribution in [0.4, 0.5) is 0 Å². The van der Waals surface area contributed by atoms with Crippen LogP contribution in [0.5, 0.6) is 0 Å². The lowest BCUT2D eigenvalue weighted by atomic mass is 9.84. The van der Waals surface area contributed by atoms with Gasteiger partial charge in [0.25, 0.3) is 0 Å². The fourth-order valence-corrected chi connectivity index (χ4v) is 1.95. The van der Waals surface area contributed by atoms with Crippen LogP contribution in [0, 0.1) is 5.92 Å². The first-order valence-electron chi connectivity index (χ1n) is 5.89. The highest BCUT2D eigenvalue weighted by molar-refractivity contribution is 5.19. The summed E-state index contributed by atoms with van der Waals surface area (Å²) in [5.41, 5.74) is 1.32. The number of rotatable bonds is 5. The molecular formula is C14H22O. The summed E-state index contributed by atoms with van der Waals surface area (Å²) in [4.78, 5) is 0. The Kier molecular flexibility index (Phi) is 4.83. The zero-order valence-electron chi connectivity index (χ0n) is 9.98. The van der Waals surface area contributed by atoms with Gasteiger partial charge in [0.15, 0.2) is 0 Å². The maximum atomic E-state index is 9.95. The maximum Gasteiger partial charge on any atom is 0.0571 e. The van der Waals surface area contributed by atoms with Gasteiger partial charge < -0.3 is 5.11 Å². The van der Waals surface area contributed by atoms with Crippen molar-refractivity contribution in [1.29, 1.82) is 0 Å². The number of benzene rings is 1. The lowest BCUT2D eigenvalue weighted by Gasteiger charge is -2.25. The largest absolute Gasteiger partial charge is 0.393 e. The minimum Gasteiger partial charge on any atom is -0.393 e. The summed E-state index contributed by atoms with van der Waals surface area (Å²) in [6.07, 6.45) is 1.77. The topological polar surface area (TPSA) is 20.2 Å². The summed E-state index contributed by atoms with van der Waals surface area (Å²) in [6.45, 7) is 6.44. The molecule has 1 N–H and O–H groups in total. The molecule has 15 heavy (non-hydrogen) atoms. The summed E-state index contributed by atoms with van der Waals surface area (Å²) in [5.74, 6) is 0.750. The predicted molar refractivity (Wildman–Crippen MR) is 64.9 cm³/mol. The van der Waals surface area contributed by atoms with E-state index in [1.54, 1.807) is 0 Å². The molecule has 0 spiro atoms. The molecule has 0 amide bonds. The first kappa shape index (κ1) is 12.3. The first-order chi connectivity index (χ1) is 7.16. The molecule has 0 aliphatic carbocycles. The second-order valence-electron chi connectivity index (χ2n) is 4.41. The molecule has 0 fully saturated rings. The second-order valence-corrected chi connectivity index (χ2v) is 4.41. The smallest absolute Gasteiger partial charge is 0.0571 e.